The van der Waals surface area contributed by atoms with Gasteiger partial charge >= 0.3 is 0 Å². The Morgan fingerprint density at radius 3 is 2.43 bits per heavy atom. The highest BCUT2D eigenvalue weighted by Gasteiger charge is 2.23. The van der Waals surface area contributed by atoms with Crippen LogP contribution in [0.2, 0.25) is 5.02 Å². The van der Waals surface area contributed by atoms with Crippen LogP contribution >= 0.6 is 11.6 Å². The Balaban J connectivity index is 2.39. The fourth-order valence-corrected chi connectivity index (χ4v) is 3.47. The molecule has 0 aliphatic rings. The van der Waals surface area contributed by atoms with E-state index >= 15 is 0 Å². The van der Waals surface area contributed by atoms with Crippen LogP contribution in [0.4, 0.5) is 5.95 Å². The van der Waals surface area contributed by atoms with Crippen molar-refractivity contribution in [3.05, 3.63) is 57.8 Å². The molecule has 1 N–H and O–H groups in total. The van der Waals surface area contributed by atoms with Gasteiger partial charge in [-0.1, -0.05) is 23.7 Å². The molecular formula is C15H13ClN4O2S. The number of sulfone groups is 1. The van der Waals surface area contributed by atoms with Crippen LogP contribution in [-0.4, -0.2) is 18.4 Å². The van der Waals surface area contributed by atoms with Crippen molar-refractivity contribution in [3.8, 4) is 6.07 Å². The molecule has 0 aliphatic carbocycles. The van der Waals surface area contributed by atoms with E-state index in [2.05, 4.69) is 15.3 Å². The molecule has 0 fully saturated rings. The Morgan fingerprint density at radius 1 is 1.26 bits per heavy atom. The number of anilines is 1. The van der Waals surface area contributed by atoms with E-state index in [0.717, 1.165) is 17.6 Å². The summed E-state index contributed by atoms with van der Waals surface area (Å²) in [7, 11) is -4.02. The fraction of sp³-hybridized carbons (Fsp3) is 0.133. The number of hydrogen-bond donors (Lipinski definition) is 1. The first-order valence-corrected chi connectivity index (χ1v) is 8.39. The highest BCUT2D eigenvalue weighted by atomic mass is 35.5. The molecule has 1 aromatic heterocycles. The standard InChI is InChI=1S/C15H13ClN4O2S/c1-10-7-11(2)20-15(19-10)18-9-12(8-17)23(21,22)14-6-4-3-5-13(14)16/h3-7,9H,1-2H3,(H,18,19,20)/b12-9+. The lowest BCUT2D eigenvalue weighted by molar-refractivity contribution is 0.603. The topological polar surface area (TPSA) is 95.7 Å². The molecule has 0 atom stereocenters. The van der Waals surface area contributed by atoms with E-state index in [9.17, 15) is 13.7 Å². The van der Waals surface area contributed by atoms with Crippen LogP contribution in [-0.2, 0) is 9.84 Å². The maximum absolute atomic E-state index is 12.5. The Morgan fingerprint density at radius 2 is 1.87 bits per heavy atom. The van der Waals surface area contributed by atoms with Gasteiger partial charge in [0.15, 0.2) is 4.91 Å². The monoisotopic (exact) mass is 348 g/mol. The summed E-state index contributed by atoms with van der Waals surface area (Å²) >= 11 is 5.91. The third-order valence-electron chi connectivity index (χ3n) is 2.84. The Hall–Kier alpha value is -2.43. The van der Waals surface area contributed by atoms with Gasteiger partial charge in [0.1, 0.15) is 6.07 Å². The number of rotatable bonds is 4. The Labute approximate surface area is 139 Å². The predicted octanol–water partition coefficient (Wildman–Crippen LogP) is 3.00. The van der Waals surface area contributed by atoms with Crippen LogP contribution in [0.3, 0.4) is 0 Å². The van der Waals surface area contributed by atoms with Gasteiger partial charge in [-0.3, -0.25) is 0 Å². The third-order valence-corrected chi connectivity index (χ3v) is 5.01. The normalized spacial score (nSPS) is 11.8. The molecule has 0 radical (unpaired) electrons. The Bertz CT molecular complexity index is 897. The van der Waals surface area contributed by atoms with E-state index in [1.165, 1.54) is 18.2 Å². The van der Waals surface area contributed by atoms with Gasteiger partial charge in [0.25, 0.3) is 0 Å². The summed E-state index contributed by atoms with van der Waals surface area (Å²) in [4.78, 5) is 7.63. The van der Waals surface area contributed by atoms with Crippen LogP contribution in [0.15, 0.2) is 46.3 Å². The molecule has 0 unspecified atom stereocenters. The molecule has 2 rings (SSSR count). The van der Waals surface area contributed by atoms with E-state index in [0.29, 0.717) is 0 Å². The van der Waals surface area contributed by atoms with Crippen LogP contribution in [0.5, 0.6) is 0 Å². The summed E-state index contributed by atoms with van der Waals surface area (Å²) in [5.41, 5.74) is 1.45. The second-order valence-corrected chi connectivity index (χ2v) is 6.97. The maximum atomic E-state index is 12.5. The van der Waals surface area contributed by atoms with E-state index in [-0.39, 0.29) is 15.9 Å². The van der Waals surface area contributed by atoms with Crippen LogP contribution < -0.4 is 5.32 Å². The minimum atomic E-state index is -4.02. The van der Waals surface area contributed by atoms with E-state index < -0.39 is 14.7 Å². The molecule has 0 saturated carbocycles. The highest BCUT2D eigenvalue weighted by Crippen LogP contribution is 2.26. The van der Waals surface area contributed by atoms with E-state index in [1.807, 2.05) is 0 Å². The van der Waals surface area contributed by atoms with E-state index in [4.69, 9.17) is 11.6 Å². The number of benzene rings is 1. The summed E-state index contributed by atoms with van der Waals surface area (Å²) in [6, 6.07) is 9.38. The minimum Gasteiger partial charge on any atom is -0.329 e. The van der Waals surface area contributed by atoms with Crippen molar-refractivity contribution in [1.29, 1.82) is 5.26 Å². The van der Waals surface area contributed by atoms with Crippen LogP contribution in [0.25, 0.3) is 0 Å². The van der Waals surface area contributed by atoms with Gasteiger partial charge in [-0.25, -0.2) is 18.4 Å². The van der Waals surface area contributed by atoms with Gasteiger partial charge in [-0.05, 0) is 32.0 Å². The zero-order valence-corrected chi connectivity index (χ0v) is 14.0. The van der Waals surface area contributed by atoms with Crippen molar-refractivity contribution < 1.29 is 8.42 Å². The lowest BCUT2D eigenvalue weighted by Crippen LogP contribution is -2.07. The van der Waals surface area contributed by atoms with Crippen molar-refractivity contribution >= 4 is 27.4 Å². The smallest absolute Gasteiger partial charge is 0.227 e. The molecule has 0 amide bonds. The van der Waals surface area contributed by atoms with Gasteiger partial charge in [0, 0.05) is 17.6 Å². The molecule has 1 aromatic carbocycles. The van der Waals surface area contributed by atoms with E-state index in [1.54, 1.807) is 32.0 Å². The molecule has 2 aromatic rings. The van der Waals surface area contributed by atoms with Crippen molar-refractivity contribution in [2.75, 3.05) is 5.32 Å². The summed E-state index contributed by atoms with van der Waals surface area (Å²) in [5.74, 6) is 0.213. The summed E-state index contributed by atoms with van der Waals surface area (Å²) in [5, 5.41) is 11.9. The highest BCUT2D eigenvalue weighted by molar-refractivity contribution is 7.95. The molecule has 8 heteroatoms. The van der Waals surface area contributed by atoms with Gasteiger partial charge in [0.2, 0.25) is 15.8 Å². The summed E-state index contributed by atoms with van der Waals surface area (Å²) in [6.07, 6.45) is 1.06. The molecular weight excluding hydrogens is 336 g/mol. The number of hydrogen-bond acceptors (Lipinski definition) is 6. The zero-order valence-electron chi connectivity index (χ0n) is 12.4. The lowest BCUT2D eigenvalue weighted by Gasteiger charge is -2.06. The number of allylic oxidation sites excluding steroid dienone is 1. The SMILES string of the molecule is Cc1cc(C)nc(N/C=C(\C#N)S(=O)(=O)c2ccccc2Cl)n1. The van der Waals surface area contributed by atoms with Crippen molar-refractivity contribution in [2.45, 2.75) is 18.7 Å². The number of nitrogens with zero attached hydrogens (tertiary/aromatic N) is 3. The van der Waals surface area contributed by atoms with Gasteiger partial charge in [-0.15, -0.1) is 0 Å². The molecule has 0 saturated heterocycles. The number of halogens is 1. The molecule has 0 aliphatic heterocycles. The van der Waals surface area contributed by atoms with Gasteiger partial charge in [-0.2, -0.15) is 5.26 Å². The number of nitrogens with one attached hydrogen (secondary N) is 1. The lowest BCUT2D eigenvalue weighted by atomic mass is 10.4. The molecule has 0 spiro atoms. The molecule has 0 bridgehead atoms. The van der Waals surface area contributed by atoms with Crippen LogP contribution in [0, 0.1) is 25.2 Å². The second-order valence-electron chi connectivity index (χ2n) is 4.67. The number of nitriles is 1. The number of aromatic nitrogens is 2. The first-order chi connectivity index (χ1) is 10.8. The minimum absolute atomic E-state index is 0.0521. The Kier molecular flexibility index (Phi) is 4.98. The van der Waals surface area contributed by atoms with Crippen molar-refractivity contribution in [1.82, 2.24) is 9.97 Å². The van der Waals surface area contributed by atoms with Gasteiger partial charge < -0.3 is 5.32 Å². The largest absolute Gasteiger partial charge is 0.329 e. The molecule has 23 heavy (non-hydrogen) atoms. The first-order valence-electron chi connectivity index (χ1n) is 6.53. The molecule has 118 valence electrons. The van der Waals surface area contributed by atoms with Crippen molar-refractivity contribution in [2.24, 2.45) is 0 Å². The zero-order chi connectivity index (χ0) is 17.0. The maximum Gasteiger partial charge on any atom is 0.227 e. The second kappa shape index (κ2) is 6.77. The predicted molar refractivity (Wildman–Crippen MR) is 87.5 cm³/mol. The molecule has 1 heterocycles. The molecule has 6 nitrogen and oxygen atoms in total. The summed E-state index contributed by atoms with van der Waals surface area (Å²) in [6.45, 7) is 3.57. The first kappa shape index (κ1) is 16.9. The fourth-order valence-electron chi connectivity index (χ4n) is 1.87. The van der Waals surface area contributed by atoms with Gasteiger partial charge in [0.05, 0.1) is 9.92 Å². The average molecular weight is 349 g/mol. The average Bonchev–Trinajstić information content (AvgIpc) is 2.47. The quantitative estimate of drug-likeness (QED) is 0.853. The van der Waals surface area contributed by atoms with Crippen molar-refractivity contribution in [3.63, 3.8) is 0 Å². The number of aryl methyl sites for hydroxylation is 2. The van der Waals surface area contributed by atoms with Crippen LogP contribution in [0.1, 0.15) is 11.4 Å². The summed E-state index contributed by atoms with van der Waals surface area (Å²) < 4.78 is 25.0. The third kappa shape index (κ3) is 3.86.